The van der Waals surface area contributed by atoms with E-state index in [0.717, 1.165) is 32.9 Å². The first-order valence-electron chi connectivity index (χ1n) is 8.26. The molecule has 4 rings (SSSR count). The largest absolute Gasteiger partial charge is 0.460 e. The number of furan rings is 1. The molecule has 1 N–H and O–H groups in total. The number of fused-ring (bicyclic) bond motifs is 1. The van der Waals surface area contributed by atoms with Gasteiger partial charge in [0.2, 0.25) is 5.91 Å². The molecule has 0 aliphatic carbocycles. The topological polar surface area (TPSA) is 60.1 Å². The van der Waals surface area contributed by atoms with Crippen LogP contribution in [0.4, 0.5) is 5.82 Å². The van der Waals surface area contributed by atoms with Crippen molar-refractivity contribution >= 4 is 27.7 Å². The smallest absolute Gasteiger partial charge is 0.226 e. The van der Waals surface area contributed by atoms with Gasteiger partial charge in [-0.3, -0.25) is 4.79 Å². The number of hydrogen-bond acceptors (Lipinski definition) is 3. The molecule has 0 bridgehead atoms. The number of amides is 1. The van der Waals surface area contributed by atoms with Crippen LogP contribution < -0.4 is 5.32 Å². The zero-order valence-electron chi connectivity index (χ0n) is 14.0. The number of carbonyl (C=O) groups is 1. The normalized spacial score (nSPS) is 16.8. The number of benzene rings is 1. The molecule has 3 aromatic rings. The first kappa shape index (κ1) is 16.1. The Kier molecular flexibility index (Phi) is 4.00. The second-order valence-corrected chi connectivity index (χ2v) is 7.42. The molecule has 6 heteroatoms. The summed E-state index contributed by atoms with van der Waals surface area (Å²) in [5.41, 5.74) is 2.01. The van der Waals surface area contributed by atoms with Crippen LogP contribution in [0.15, 0.2) is 51.5 Å². The number of halogens is 1. The van der Waals surface area contributed by atoms with Crippen LogP contribution in [0.3, 0.4) is 0 Å². The molecule has 1 aromatic carbocycles. The molecule has 25 heavy (non-hydrogen) atoms. The van der Waals surface area contributed by atoms with Crippen LogP contribution in [0.5, 0.6) is 0 Å². The van der Waals surface area contributed by atoms with E-state index in [-0.39, 0.29) is 17.9 Å². The number of aromatic nitrogens is 2. The van der Waals surface area contributed by atoms with Crippen LogP contribution in [-0.2, 0) is 4.79 Å². The Morgan fingerprint density at radius 1 is 1.24 bits per heavy atom. The second-order valence-electron chi connectivity index (χ2n) is 6.50. The van der Waals surface area contributed by atoms with Crippen molar-refractivity contribution < 1.29 is 9.21 Å². The van der Waals surface area contributed by atoms with Gasteiger partial charge < -0.3 is 9.73 Å². The Morgan fingerprint density at radius 2 is 2.00 bits per heavy atom. The number of hydrogen-bond donors (Lipinski definition) is 1. The Morgan fingerprint density at radius 3 is 2.72 bits per heavy atom. The number of nitrogens with one attached hydrogen (secondary N) is 1. The Labute approximate surface area is 154 Å². The predicted octanol–water partition coefficient (Wildman–Crippen LogP) is 4.96. The van der Waals surface area contributed by atoms with Crippen LogP contribution in [-0.4, -0.2) is 15.7 Å². The summed E-state index contributed by atoms with van der Waals surface area (Å²) in [5, 5.41) is 7.39. The minimum atomic E-state index is -0.111. The van der Waals surface area contributed by atoms with Crippen molar-refractivity contribution in [3.05, 3.63) is 58.4 Å². The molecule has 1 aliphatic rings. The summed E-state index contributed by atoms with van der Waals surface area (Å²) < 4.78 is 8.96. The highest BCUT2D eigenvalue weighted by Crippen LogP contribution is 2.39. The van der Waals surface area contributed by atoms with E-state index in [4.69, 9.17) is 4.42 Å². The highest BCUT2D eigenvalue weighted by atomic mass is 79.9. The van der Waals surface area contributed by atoms with Gasteiger partial charge in [0.25, 0.3) is 0 Å². The zero-order chi connectivity index (χ0) is 17.6. The van der Waals surface area contributed by atoms with Gasteiger partial charge in [-0.2, -0.15) is 5.10 Å². The number of carbonyl (C=O) groups excluding carboxylic acids is 1. The molecule has 2 aromatic heterocycles. The van der Waals surface area contributed by atoms with E-state index < -0.39 is 0 Å². The third-order valence-electron chi connectivity index (χ3n) is 4.43. The fraction of sp³-hybridized carbons (Fsp3) is 0.263. The number of anilines is 1. The predicted molar refractivity (Wildman–Crippen MR) is 99.5 cm³/mol. The van der Waals surface area contributed by atoms with Crippen molar-refractivity contribution in [2.75, 3.05) is 5.32 Å². The average Bonchev–Trinajstić information content (AvgIpc) is 3.21. The number of rotatable bonds is 3. The Balaban J connectivity index is 1.71. The maximum Gasteiger partial charge on any atom is 0.226 e. The van der Waals surface area contributed by atoms with Gasteiger partial charge in [0.1, 0.15) is 17.3 Å². The summed E-state index contributed by atoms with van der Waals surface area (Å²) in [4.78, 5) is 12.2. The van der Waals surface area contributed by atoms with Gasteiger partial charge in [0.05, 0.1) is 12.1 Å². The lowest BCUT2D eigenvalue weighted by molar-refractivity contribution is -0.116. The van der Waals surface area contributed by atoms with E-state index in [9.17, 15) is 4.79 Å². The quantitative estimate of drug-likeness (QED) is 0.676. The second kappa shape index (κ2) is 6.19. The maximum absolute atomic E-state index is 12.2. The molecule has 1 amide bonds. The Hall–Kier alpha value is -2.34. The summed E-state index contributed by atoms with van der Waals surface area (Å²) in [6.07, 6.45) is 2.20. The van der Waals surface area contributed by atoms with Gasteiger partial charge >= 0.3 is 0 Å². The van der Waals surface area contributed by atoms with E-state index in [0.29, 0.717) is 6.42 Å². The van der Waals surface area contributed by atoms with E-state index in [1.807, 2.05) is 61.1 Å². The molecule has 0 radical (unpaired) electrons. The lowest BCUT2D eigenvalue weighted by Crippen LogP contribution is -2.25. The monoisotopic (exact) mass is 399 g/mol. The lowest BCUT2D eigenvalue weighted by atomic mass is 9.92. The standard InChI is InChI=1S/C19H18BrN3O2/c1-11(2)23-19-15(10-21-23)14(9-18(24)22-19)17-8-7-16(25-17)12-3-5-13(20)6-4-12/h3-8,10-11,14H,9H2,1-2H3,(H,22,24)/t14-/m0/s1. The highest BCUT2D eigenvalue weighted by molar-refractivity contribution is 9.10. The number of nitrogens with zero attached hydrogens (tertiary/aromatic N) is 2. The van der Waals surface area contributed by atoms with E-state index in [2.05, 4.69) is 26.3 Å². The van der Waals surface area contributed by atoms with Crippen LogP contribution in [0.1, 0.15) is 43.6 Å². The molecular formula is C19H18BrN3O2. The van der Waals surface area contributed by atoms with Crippen molar-refractivity contribution in [1.29, 1.82) is 0 Å². The molecule has 1 aliphatic heterocycles. The fourth-order valence-electron chi connectivity index (χ4n) is 3.19. The van der Waals surface area contributed by atoms with Crippen molar-refractivity contribution in [3.8, 4) is 11.3 Å². The van der Waals surface area contributed by atoms with Crippen LogP contribution in [0, 0.1) is 0 Å². The lowest BCUT2D eigenvalue weighted by Gasteiger charge is -2.23. The summed E-state index contributed by atoms with van der Waals surface area (Å²) in [5.74, 6) is 2.24. The molecule has 0 spiro atoms. The third kappa shape index (κ3) is 2.91. The average molecular weight is 400 g/mol. The molecule has 0 saturated carbocycles. The summed E-state index contributed by atoms with van der Waals surface area (Å²) in [6, 6.07) is 12.1. The van der Waals surface area contributed by atoms with Crippen LogP contribution in [0.25, 0.3) is 11.3 Å². The van der Waals surface area contributed by atoms with Crippen molar-refractivity contribution in [3.63, 3.8) is 0 Å². The van der Waals surface area contributed by atoms with Gasteiger partial charge in [-0.1, -0.05) is 28.1 Å². The molecule has 1 atom stereocenters. The molecule has 0 unspecified atom stereocenters. The van der Waals surface area contributed by atoms with Crippen molar-refractivity contribution in [2.45, 2.75) is 32.2 Å². The fourth-order valence-corrected chi connectivity index (χ4v) is 3.46. The first-order chi connectivity index (χ1) is 12.0. The minimum absolute atomic E-state index is 0.0125. The van der Waals surface area contributed by atoms with Gasteiger partial charge in [0, 0.05) is 28.1 Å². The maximum atomic E-state index is 12.2. The molecule has 0 fully saturated rings. The molecular weight excluding hydrogens is 382 g/mol. The third-order valence-corrected chi connectivity index (χ3v) is 4.96. The van der Waals surface area contributed by atoms with Crippen LogP contribution >= 0.6 is 15.9 Å². The molecule has 5 nitrogen and oxygen atoms in total. The van der Waals surface area contributed by atoms with Crippen molar-refractivity contribution in [2.24, 2.45) is 0 Å². The van der Waals surface area contributed by atoms with E-state index >= 15 is 0 Å². The molecule has 3 heterocycles. The van der Waals surface area contributed by atoms with Gasteiger partial charge in [0.15, 0.2) is 0 Å². The SMILES string of the molecule is CC(C)n1ncc2c1NC(=O)C[C@@H]2c1ccc(-c2ccc(Br)cc2)o1. The van der Waals surface area contributed by atoms with Gasteiger partial charge in [-0.15, -0.1) is 0 Å². The van der Waals surface area contributed by atoms with E-state index in [1.54, 1.807) is 0 Å². The highest BCUT2D eigenvalue weighted by Gasteiger charge is 2.32. The zero-order valence-corrected chi connectivity index (χ0v) is 15.6. The molecule has 128 valence electrons. The Bertz CT molecular complexity index is 925. The van der Waals surface area contributed by atoms with Crippen LogP contribution in [0.2, 0.25) is 0 Å². The van der Waals surface area contributed by atoms with Gasteiger partial charge in [-0.05, 0) is 38.1 Å². The van der Waals surface area contributed by atoms with E-state index in [1.165, 1.54) is 0 Å². The molecule has 0 saturated heterocycles. The summed E-state index contributed by atoms with van der Waals surface area (Å²) >= 11 is 3.44. The van der Waals surface area contributed by atoms with Crippen molar-refractivity contribution in [1.82, 2.24) is 9.78 Å². The summed E-state index contributed by atoms with van der Waals surface area (Å²) in [7, 11) is 0. The summed E-state index contributed by atoms with van der Waals surface area (Å²) in [6.45, 7) is 4.09. The first-order valence-corrected chi connectivity index (χ1v) is 9.05. The minimum Gasteiger partial charge on any atom is -0.460 e. The van der Waals surface area contributed by atoms with Gasteiger partial charge in [-0.25, -0.2) is 4.68 Å².